The molecular formula is C20H24N7OW-. The second kappa shape index (κ2) is 11.3. The Bertz CT molecular complexity index is 940. The number of hydrogen-bond acceptors (Lipinski definition) is 6. The number of nitrogens with one attached hydrogen (secondary N) is 1. The molecule has 0 atom stereocenters. The number of hydrogen-bond donors (Lipinski definition) is 2. The smallest absolute Gasteiger partial charge is 0.271 e. The van der Waals surface area contributed by atoms with Crippen molar-refractivity contribution in [3.63, 3.8) is 0 Å². The van der Waals surface area contributed by atoms with Crippen LogP contribution in [0.2, 0.25) is 0 Å². The van der Waals surface area contributed by atoms with Crippen molar-refractivity contribution in [2.75, 3.05) is 18.1 Å². The zero-order chi connectivity index (χ0) is 19.8. The predicted octanol–water partition coefficient (Wildman–Crippen LogP) is 3.28. The van der Waals surface area contributed by atoms with Crippen LogP contribution in [0.15, 0.2) is 59.8 Å². The number of nitrogens with two attached hydrogens (primary N) is 1. The number of aromatic nitrogens is 4. The van der Waals surface area contributed by atoms with E-state index in [0.717, 1.165) is 11.5 Å². The second-order valence-corrected chi connectivity index (χ2v) is 6.43. The van der Waals surface area contributed by atoms with Gasteiger partial charge in [-0.3, -0.25) is 4.79 Å². The molecule has 0 bridgehead atoms. The SMILES string of the molecule is C[N-]c1cccnc1N.O=c1cccnn1-c1ccc(NC2CCCC2)nc1.[W]. The summed E-state index contributed by atoms with van der Waals surface area (Å²) in [6.07, 6.45) is 9.91. The molecule has 3 aromatic rings. The van der Waals surface area contributed by atoms with Gasteiger partial charge in [-0.2, -0.15) is 9.78 Å². The maximum atomic E-state index is 11.6. The molecule has 152 valence electrons. The van der Waals surface area contributed by atoms with Crippen molar-refractivity contribution >= 4 is 17.3 Å². The van der Waals surface area contributed by atoms with Gasteiger partial charge in [-0.25, -0.2) is 9.97 Å². The normalized spacial score (nSPS) is 13.0. The molecular weight excluding hydrogens is 538 g/mol. The summed E-state index contributed by atoms with van der Waals surface area (Å²) >= 11 is 0. The molecule has 1 fully saturated rings. The van der Waals surface area contributed by atoms with Gasteiger partial charge in [0, 0.05) is 45.6 Å². The zero-order valence-electron chi connectivity index (χ0n) is 16.2. The van der Waals surface area contributed by atoms with Crippen LogP contribution in [0.4, 0.5) is 17.3 Å². The molecule has 3 heterocycles. The van der Waals surface area contributed by atoms with E-state index in [9.17, 15) is 4.79 Å². The zero-order valence-corrected chi connectivity index (χ0v) is 19.2. The van der Waals surface area contributed by atoms with Gasteiger partial charge in [0.05, 0.1) is 11.9 Å². The topological polar surface area (TPSA) is 113 Å². The van der Waals surface area contributed by atoms with Crippen molar-refractivity contribution in [3.8, 4) is 5.69 Å². The molecule has 1 saturated carbocycles. The minimum Gasteiger partial charge on any atom is -0.684 e. The fourth-order valence-corrected chi connectivity index (χ4v) is 3.03. The van der Waals surface area contributed by atoms with E-state index in [0.29, 0.717) is 17.5 Å². The molecule has 3 aromatic heterocycles. The molecule has 9 heteroatoms. The van der Waals surface area contributed by atoms with Crippen molar-refractivity contribution in [2.45, 2.75) is 31.7 Å². The first-order chi connectivity index (χ1) is 13.7. The minimum absolute atomic E-state index is 0. The fourth-order valence-electron chi connectivity index (χ4n) is 3.03. The maximum Gasteiger partial charge on any atom is 0.271 e. The Morgan fingerprint density at radius 2 is 1.86 bits per heavy atom. The van der Waals surface area contributed by atoms with Gasteiger partial charge in [0.25, 0.3) is 5.56 Å². The molecule has 1 aliphatic rings. The van der Waals surface area contributed by atoms with Gasteiger partial charge >= 0.3 is 0 Å². The Morgan fingerprint density at radius 3 is 2.45 bits per heavy atom. The Balaban J connectivity index is 0.000000255. The molecule has 8 nitrogen and oxygen atoms in total. The number of anilines is 2. The molecule has 0 spiro atoms. The van der Waals surface area contributed by atoms with Gasteiger partial charge in [0.15, 0.2) is 0 Å². The van der Waals surface area contributed by atoms with Crippen LogP contribution in [0.5, 0.6) is 0 Å². The van der Waals surface area contributed by atoms with Crippen molar-refractivity contribution in [3.05, 3.63) is 70.7 Å². The van der Waals surface area contributed by atoms with Crippen molar-refractivity contribution in [1.82, 2.24) is 19.7 Å². The molecule has 0 aliphatic heterocycles. The average Bonchev–Trinajstić information content (AvgIpc) is 3.23. The van der Waals surface area contributed by atoms with Crippen LogP contribution in [0.3, 0.4) is 0 Å². The van der Waals surface area contributed by atoms with E-state index in [2.05, 4.69) is 25.7 Å². The molecule has 3 N–H and O–H groups in total. The molecule has 0 amide bonds. The van der Waals surface area contributed by atoms with Crippen LogP contribution >= 0.6 is 0 Å². The van der Waals surface area contributed by atoms with E-state index in [1.54, 1.807) is 37.8 Å². The van der Waals surface area contributed by atoms with E-state index in [4.69, 9.17) is 5.73 Å². The first kappa shape index (κ1) is 22.6. The standard InChI is InChI=1S/C14H16N4O.C6H8N3.W/c19-14-6-3-9-16-18(14)12-7-8-13(15-10-12)17-11-4-1-2-5-11;1-8-5-3-2-4-9-6(5)7;/h3,6-11H,1-2,4-5H2,(H,15,17);2-4H,1H3,(H2,7,9);/q;-1;. The number of pyridine rings is 2. The Hall–Kier alpha value is -2.73. The summed E-state index contributed by atoms with van der Waals surface area (Å²) in [6.45, 7) is 0. The number of nitrogen functional groups attached to an aromatic ring is 1. The second-order valence-electron chi connectivity index (χ2n) is 6.43. The van der Waals surface area contributed by atoms with Crippen LogP contribution < -0.4 is 16.6 Å². The van der Waals surface area contributed by atoms with Crippen molar-refractivity contribution in [2.24, 2.45) is 0 Å². The van der Waals surface area contributed by atoms with Crippen molar-refractivity contribution in [1.29, 1.82) is 0 Å². The Kier molecular flexibility index (Phi) is 8.80. The van der Waals surface area contributed by atoms with Crippen molar-refractivity contribution < 1.29 is 21.1 Å². The van der Waals surface area contributed by atoms with E-state index in [1.807, 2.05) is 18.2 Å². The summed E-state index contributed by atoms with van der Waals surface area (Å²) in [5.74, 6) is 1.35. The van der Waals surface area contributed by atoms with Gasteiger partial charge in [0.1, 0.15) is 11.6 Å². The van der Waals surface area contributed by atoms with Gasteiger partial charge in [0.2, 0.25) is 0 Å². The molecule has 1 aliphatic carbocycles. The van der Waals surface area contributed by atoms with Gasteiger partial charge < -0.3 is 16.4 Å². The van der Waals surface area contributed by atoms with E-state index in [1.165, 1.54) is 36.4 Å². The first-order valence-electron chi connectivity index (χ1n) is 9.25. The molecule has 0 aromatic carbocycles. The maximum absolute atomic E-state index is 11.6. The minimum atomic E-state index is -0.152. The van der Waals surface area contributed by atoms with E-state index in [-0.39, 0.29) is 26.6 Å². The van der Waals surface area contributed by atoms with Crippen LogP contribution in [0.1, 0.15) is 25.7 Å². The first-order valence-corrected chi connectivity index (χ1v) is 9.25. The summed E-state index contributed by atoms with van der Waals surface area (Å²) in [6, 6.07) is 11.0. The molecule has 4 rings (SSSR count). The van der Waals surface area contributed by atoms with Gasteiger partial charge in [-0.05, 0) is 37.1 Å². The average molecular weight is 562 g/mol. The molecule has 0 unspecified atom stereocenters. The van der Waals surface area contributed by atoms with Crippen LogP contribution in [-0.4, -0.2) is 32.8 Å². The summed E-state index contributed by atoms with van der Waals surface area (Å²) in [5, 5.41) is 11.3. The Morgan fingerprint density at radius 1 is 1.10 bits per heavy atom. The van der Waals surface area contributed by atoms with E-state index < -0.39 is 0 Å². The largest absolute Gasteiger partial charge is 0.684 e. The fraction of sp³-hybridized carbons (Fsp3) is 0.300. The predicted molar refractivity (Wildman–Crippen MR) is 111 cm³/mol. The van der Waals surface area contributed by atoms with Gasteiger partial charge in [-0.1, -0.05) is 24.6 Å². The van der Waals surface area contributed by atoms with E-state index >= 15 is 0 Å². The molecule has 0 saturated heterocycles. The summed E-state index contributed by atoms with van der Waals surface area (Å²) in [4.78, 5) is 19.8. The Labute approximate surface area is 184 Å². The van der Waals surface area contributed by atoms with Crippen LogP contribution in [0, 0.1) is 0 Å². The number of nitrogens with zero attached hydrogens (tertiary/aromatic N) is 5. The third kappa shape index (κ3) is 6.39. The third-order valence-electron chi connectivity index (χ3n) is 4.47. The summed E-state index contributed by atoms with van der Waals surface area (Å²) in [7, 11) is 1.69. The third-order valence-corrected chi connectivity index (χ3v) is 4.47. The van der Waals surface area contributed by atoms with Gasteiger partial charge in [-0.15, -0.1) is 7.05 Å². The van der Waals surface area contributed by atoms with Crippen LogP contribution in [-0.2, 0) is 21.1 Å². The summed E-state index contributed by atoms with van der Waals surface area (Å²) in [5.41, 5.74) is 6.70. The van der Waals surface area contributed by atoms with Crippen LogP contribution in [0.25, 0.3) is 11.0 Å². The summed E-state index contributed by atoms with van der Waals surface area (Å²) < 4.78 is 1.34. The number of rotatable bonds is 4. The molecule has 0 radical (unpaired) electrons. The molecule has 29 heavy (non-hydrogen) atoms. The monoisotopic (exact) mass is 562 g/mol. The quantitative estimate of drug-likeness (QED) is 0.505.